The van der Waals surface area contributed by atoms with Gasteiger partial charge in [-0.05, 0) is 43.7 Å². The van der Waals surface area contributed by atoms with Crippen LogP contribution in [0.25, 0.3) is 5.69 Å². The van der Waals surface area contributed by atoms with Crippen LogP contribution in [0.15, 0.2) is 66.0 Å². The van der Waals surface area contributed by atoms with Gasteiger partial charge in [0.15, 0.2) is 5.75 Å². The van der Waals surface area contributed by atoms with Gasteiger partial charge in [-0.15, -0.1) is 0 Å². The molecule has 0 aliphatic carbocycles. The number of hydrogen-bond donors (Lipinski definition) is 0. The molecule has 0 aliphatic heterocycles. The van der Waals surface area contributed by atoms with Crippen LogP contribution in [-0.2, 0) is 0 Å². The summed E-state index contributed by atoms with van der Waals surface area (Å²) in [6.07, 6.45) is 4.92. The van der Waals surface area contributed by atoms with Gasteiger partial charge in [0.05, 0.1) is 35.9 Å². The molecule has 0 radical (unpaired) electrons. The normalized spacial score (nSPS) is 11.9. The molecule has 1 atom stereocenters. The second-order valence-electron chi connectivity index (χ2n) is 7.47. The van der Waals surface area contributed by atoms with Crippen LogP contribution in [0, 0.1) is 18.6 Å². The zero-order chi connectivity index (χ0) is 23.7. The van der Waals surface area contributed by atoms with Crippen molar-refractivity contribution in [2.75, 3.05) is 7.11 Å². The predicted molar refractivity (Wildman–Crippen MR) is 121 cm³/mol. The predicted octanol–water partition coefficient (Wildman–Crippen LogP) is 5.68. The van der Waals surface area contributed by atoms with Gasteiger partial charge in [0.25, 0.3) is 5.56 Å². The lowest BCUT2D eigenvalue weighted by Crippen LogP contribution is -2.24. The highest BCUT2D eigenvalue weighted by molar-refractivity contribution is 6.30. The molecule has 33 heavy (non-hydrogen) atoms. The lowest BCUT2D eigenvalue weighted by atomic mass is 10.1. The Kier molecular flexibility index (Phi) is 6.20. The van der Waals surface area contributed by atoms with Gasteiger partial charge in [0.1, 0.15) is 23.1 Å². The van der Waals surface area contributed by atoms with E-state index in [1.807, 2.05) is 17.7 Å². The average Bonchev–Trinajstić information content (AvgIpc) is 3.20. The Bertz CT molecular complexity index is 1360. The van der Waals surface area contributed by atoms with Crippen LogP contribution < -0.4 is 15.0 Å². The smallest absolute Gasteiger partial charge is 0.294 e. The Morgan fingerprint density at radius 1 is 1.03 bits per heavy atom. The van der Waals surface area contributed by atoms with Crippen molar-refractivity contribution in [3.63, 3.8) is 0 Å². The number of ether oxygens (including phenoxy) is 2. The molecule has 0 N–H and O–H groups in total. The Balaban J connectivity index is 1.69. The van der Waals surface area contributed by atoms with Crippen molar-refractivity contribution in [2.45, 2.75) is 19.9 Å². The number of nitrogens with zero attached hydrogens (tertiary/aromatic N) is 3. The van der Waals surface area contributed by atoms with Gasteiger partial charge in [-0.3, -0.25) is 4.79 Å². The van der Waals surface area contributed by atoms with Gasteiger partial charge in [-0.1, -0.05) is 11.6 Å². The molecule has 0 saturated heterocycles. The van der Waals surface area contributed by atoms with E-state index in [2.05, 4.69) is 4.98 Å². The summed E-state index contributed by atoms with van der Waals surface area (Å²) in [5.74, 6) is -0.648. The van der Waals surface area contributed by atoms with Crippen LogP contribution in [0.5, 0.6) is 17.2 Å². The molecule has 0 saturated carbocycles. The quantitative estimate of drug-likeness (QED) is 0.363. The molecule has 4 aromatic rings. The van der Waals surface area contributed by atoms with E-state index >= 15 is 0 Å². The summed E-state index contributed by atoms with van der Waals surface area (Å²) >= 11 is 6.23. The summed E-state index contributed by atoms with van der Waals surface area (Å²) in [6.45, 7) is 3.52. The Morgan fingerprint density at radius 2 is 1.76 bits per heavy atom. The van der Waals surface area contributed by atoms with Crippen molar-refractivity contribution < 1.29 is 18.3 Å². The maximum absolute atomic E-state index is 13.7. The van der Waals surface area contributed by atoms with E-state index in [9.17, 15) is 13.6 Å². The van der Waals surface area contributed by atoms with Crippen molar-refractivity contribution in [1.82, 2.24) is 14.1 Å². The molecule has 0 fully saturated rings. The second kappa shape index (κ2) is 9.07. The molecule has 2 heterocycles. The minimum Gasteiger partial charge on any atom is -0.494 e. The fourth-order valence-electron chi connectivity index (χ4n) is 3.50. The van der Waals surface area contributed by atoms with Gasteiger partial charge in [-0.25, -0.2) is 13.8 Å². The lowest BCUT2D eigenvalue weighted by Gasteiger charge is -2.18. The van der Waals surface area contributed by atoms with Gasteiger partial charge in [0, 0.05) is 30.6 Å². The van der Waals surface area contributed by atoms with Crippen LogP contribution in [0.1, 0.15) is 24.2 Å². The van der Waals surface area contributed by atoms with E-state index in [-0.39, 0.29) is 16.3 Å². The van der Waals surface area contributed by atoms with E-state index in [4.69, 9.17) is 21.1 Å². The number of hydrogen-bond acceptors (Lipinski definition) is 4. The summed E-state index contributed by atoms with van der Waals surface area (Å²) in [5.41, 5.74) is 1.37. The van der Waals surface area contributed by atoms with E-state index < -0.39 is 23.2 Å². The number of rotatable bonds is 6. The second-order valence-corrected chi connectivity index (χ2v) is 7.91. The molecular formula is C24H20ClF2N3O3. The first-order valence-corrected chi connectivity index (χ1v) is 10.4. The van der Waals surface area contributed by atoms with Crippen molar-refractivity contribution in [1.29, 1.82) is 0 Å². The average molecular weight is 472 g/mol. The largest absolute Gasteiger partial charge is 0.494 e. The number of imidazole rings is 1. The van der Waals surface area contributed by atoms with E-state index in [1.54, 1.807) is 31.5 Å². The lowest BCUT2D eigenvalue weighted by molar-refractivity contribution is 0.406. The topological polar surface area (TPSA) is 58.3 Å². The standard InChI is InChI=1S/C24H20ClF2N3O3/c1-14-11-29(13-28-14)21-5-4-20(10-22(21)32-3)33-23-8-17(25)12-30(24(23)31)15(2)16-6-18(26)9-19(27)7-16/h4-13,15H,1-3H3/t15-/m0/s1. The monoisotopic (exact) mass is 471 g/mol. The molecule has 6 nitrogen and oxygen atoms in total. The molecule has 0 unspecified atom stereocenters. The third-order valence-corrected chi connectivity index (χ3v) is 5.34. The van der Waals surface area contributed by atoms with Gasteiger partial charge < -0.3 is 18.6 Å². The zero-order valence-electron chi connectivity index (χ0n) is 18.1. The Labute approximate surface area is 193 Å². The third kappa shape index (κ3) is 4.75. The minimum atomic E-state index is -0.733. The minimum absolute atomic E-state index is 0.0421. The van der Waals surface area contributed by atoms with Crippen molar-refractivity contribution in [2.24, 2.45) is 0 Å². The molecule has 0 amide bonds. The third-order valence-electron chi connectivity index (χ3n) is 5.13. The van der Waals surface area contributed by atoms with Crippen molar-refractivity contribution in [3.8, 4) is 22.9 Å². The maximum Gasteiger partial charge on any atom is 0.294 e. The first kappa shape index (κ1) is 22.5. The fourth-order valence-corrected chi connectivity index (χ4v) is 3.70. The van der Waals surface area contributed by atoms with Crippen LogP contribution in [0.3, 0.4) is 0 Å². The molecule has 2 aromatic carbocycles. The zero-order valence-corrected chi connectivity index (χ0v) is 18.8. The molecule has 4 rings (SSSR count). The van der Waals surface area contributed by atoms with E-state index in [0.717, 1.165) is 17.4 Å². The maximum atomic E-state index is 13.7. The summed E-state index contributed by atoms with van der Waals surface area (Å²) in [7, 11) is 1.53. The van der Waals surface area contributed by atoms with Crippen LogP contribution in [0.4, 0.5) is 8.78 Å². The van der Waals surface area contributed by atoms with Crippen LogP contribution in [-0.4, -0.2) is 21.2 Å². The number of halogens is 3. The highest BCUT2D eigenvalue weighted by Crippen LogP contribution is 2.31. The number of aryl methyl sites for hydroxylation is 1. The SMILES string of the molecule is COc1cc(Oc2cc(Cl)cn([C@@H](C)c3cc(F)cc(F)c3)c2=O)ccc1-n1cnc(C)c1. The molecule has 0 spiro atoms. The number of pyridine rings is 1. The molecule has 0 aliphatic rings. The first-order valence-electron chi connectivity index (χ1n) is 9.99. The summed E-state index contributed by atoms with van der Waals surface area (Å²) in [6, 6.07) is 8.91. The summed E-state index contributed by atoms with van der Waals surface area (Å²) < 4.78 is 41.8. The highest BCUT2D eigenvalue weighted by Gasteiger charge is 2.17. The number of aromatic nitrogens is 3. The summed E-state index contributed by atoms with van der Waals surface area (Å²) in [5, 5.41) is 0.228. The van der Waals surface area contributed by atoms with Gasteiger partial charge in [0.2, 0.25) is 0 Å². The van der Waals surface area contributed by atoms with Gasteiger partial charge in [-0.2, -0.15) is 0 Å². The Morgan fingerprint density at radius 3 is 2.39 bits per heavy atom. The summed E-state index contributed by atoms with van der Waals surface area (Å²) in [4.78, 5) is 17.3. The molecular weight excluding hydrogens is 452 g/mol. The van der Waals surface area contributed by atoms with Crippen LogP contribution >= 0.6 is 11.6 Å². The molecule has 9 heteroatoms. The number of benzene rings is 2. The fraction of sp³-hybridized carbons (Fsp3) is 0.167. The van der Waals surface area contributed by atoms with Crippen molar-refractivity contribution >= 4 is 11.6 Å². The first-order chi connectivity index (χ1) is 15.7. The van der Waals surface area contributed by atoms with Crippen LogP contribution in [0.2, 0.25) is 5.02 Å². The van der Waals surface area contributed by atoms with E-state index in [1.165, 1.54) is 36.1 Å². The highest BCUT2D eigenvalue weighted by atomic mass is 35.5. The van der Waals surface area contributed by atoms with E-state index in [0.29, 0.717) is 11.5 Å². The Hall–Kier alpha value is -3.65. The number of methoxy groups -OCH3 is 1. The molecule has 2 aromatic heterocycles. The molecule has 0 bridgehead atoms. The van der Waals surface area contributed by atoms with Gasteiger partial charge >= 0.3 is 0 Å². The van der Waals surface area contributed by atoms with Crippen molar-refractivity contribution in [3.05, 3.63) is 99.5 Å². The molecule has 170 valence electrons.